The zero-order valence-electron chi connectivity index (χ0n) is 21.2. The van der Waals surface area contributed by atoms with Gasteiger partial charge in [-0.05, 0) is 49.8 Å². The van der Waals surface area contributed by atoms with E-state index in [2.05, 4.69) is 31.0 Å². The molecule has 0 radical (unpaired) electrons. The van der Waals surface area contributed by atoms with Gasteiger partial charge in [-0.25, -0.2) is 0 Å². The first kappa shape index (κ1) is 28.2. The third kappa shape index (κ3) is 8.60. The van der Waals surface area contributed by atoms with E-state index < -0.39 is 12.3 Å². The van der Waals surface area contributed by atoms with Crippen LogP contribution in [0.2, 0.25) is 0 Å². The molecule has 0 spiro atoms. The number of hydrogen-bond donors (Lipinski definition) is 4. The van der Waals surface area contributed by atoms with Crippen LogP contribution in [0.15, 0.2) is 42.4 Å². The molecule has 2 aliphatic rings. The van der Waals surface area contributed by atoms with Gasteiger partial charge in [0, 0.05) is 38.3 Å². The number of fused-ring (bicyclic) bond motifs is 2. The van der Waals surface area contributed by atoms with Gasteiger partial charge in [-0.2, -0.15) is 0 Å². The molecule has 2 saturated heterocycles. The first-order valence-corrected chi connectivity index (χ1v) is 12.8. The SMILES string of the molecule is N/C(=C\NCCCCn1cc(C(=O)NCC2CC3CCC2O3)nn1)C(=O)NCc1cccc(OC(F)(F)F)c1. The van der Waals surface area contributed by atoms with Crippen molar-refractivity contribution in [2.24, 2.45) is 11.7 Å². The molecule has 5 N–H and O–H groups in total. The predicted molar refractivity (Wildman–Crippen MR) is 133 cm³/mol. The van der Waals surface area contributed by atoms with E-state index in [0.717, 1.165) is 32.1 Å². The fraction of sp³-hybridized carbons (Fsp3) is 0.520. The largest absolute Gasteiger partial charge is 0.573 e. The summed E-state index contributed by atoms with van der Waals surface area (Å²) in [6.45, 7) is 1.67. The molecule has 4 rings (SSSR count). The number of nitrogens with one attached hydrogen (secondary N) is 3. The van der Waals surface area contributed by atoms with Crippen LogP contribution in [0.3, 0.4) is 0 Å². The highest BCUT2D eigenvalue weighted by molar-refractivity contribution is 5.92. The number of ether oxygens (including phenoxy) is 2. The number of halogens is 3. The molecule has 0 aliphatic carbocycles. The van der Waals surface area contributed by atoms with Crippen LogP contribution >= 0.6 is 0 Å². The molecule has 0 saturated carbocycles. The molecule has 11 nitrogen and oxygen atoms in total. The quantitative estimate of drug-likeness (QED) is 0.218. The minimum absolute atomic E-state index is 0.0175. The number of nitrogens with two attached hydrogens (primary N) is 1. The Morgan fingerprint density at radius 3 is 2.82 bits per heavy atom. The Kier molecular flexibility index (Phi) is 9.28. The number of aryl methyl sites for hydroxylation is 1. The van der Waals surface area contributed by atoms with Crippen molar-refractivity contribution in [2.75, 3.05) is 13.1 Å². The van der Waals surface area contributed by atoms with Crippen LogP contribution in [-0.2, 0) is 22.6 Å². The number of aromatic nitrogens is 3. The standard InChI is InChI=1S/C25H32F3N7O4/c26-25(27,28)39-19-5-3-4-16(10-19)12-31-23(36)20(29)14-30-8-1-2-9-35-15-21(33-34-35)24(37)32-13-17-11-18-6-7-22(17)38-18/h3-5,10,14-15,17-18,22,30H,1-2,6-9,11-13,29H2,(H,31,36)(H,32,37)/b20-14-. The maximum absolute atomic E-state index is 12.4. The van der Waals surface area contributed by atoms with E-state index in [4.69, 9.17) is 10.5 Å². The van der Waals surface area contributed by atoms with E-state index >= 15 is 0 Å². The number of carbonyl (C=O) groups excluding carboxylic acids is 2. The van der Waals surface area contributed by atoms with Crippen LogP contribution in [0.5, 0.6) is 5.75 Å². The van der Waals surface area contributed by atoms with Crippen LogP contribution in [0.25, 0.3) is 0 Å². The molecule has 212 valence electrons. The molecular formula is C25H32F3N7O4. The van der Waals surface area contributed by atoms with E-state index in [1.54, 1.807) is 16.9 Å². The van der Waals surface area contributed by atoms with Gasteiger partial charge in [-0.15, -0.1) is 18.3 Å². The van der Waals surface area contributed by atoms with E-state index in [9.17, 15) is 22.8 Å². The van der Waals surface area contributed by atoms with Gasteiger partial charge in [-0.3, -0.25) is 14.3 Å². The average Bonchev–Trinajstić information content (AvgIpc) is 3.65. The number of rotatable bonds is 13. The van der Waals surface area contributed by atoms with Gasteiger partial charge in [0.1, 0.15) is 11.4 Å². The summed E-state index contributed by atoms with van der Waals surface area (Å²) >= 11 is 0. The molecule has 2 aromatic rings. The Balaban J connectivity index is 1.09. The predicted octanol–water partition coefficient (Wildman–Crippen LogP) is 1.96. The summed E-state index contributed by atoms with van der Waals surface area (Å²) in [5.41, 5.74) is 6.39. The number of alkyl halides is 3. The number of nitrogens with zero attached hydrogens (tertiary/aromatic N) is 3. The number of benzene rings is 1. The molecule has 2 bridgehead atoms. The fourth-order valence-corrected chi connectivity index (χ4v) is 4.67. The zero-order chi connectivity index (χ0) is 27.8. The zero-order valence-corrected chi connectivity index (χ0v) is 21.2. The van der Waals surface area contributed by atoms with E-state index in [0.29, 0.717) is 37.2 Å². The monoisotopic (exact) mass is 551 g/mol. The topological polar surface area (TPSA) is 145 Å². The minimum Gasteiger partial charge on any atom is -0.406 e. The normalized spacial score (nSPS) is 20.6. The van der Waals surface area contributed by atoms with Gasteiger partial charge in [0.15, 0.2) is 5.69 Å². The summed E-state index contributed by atoms with van der Waals surface area (Å²) in [6.07, 6.45) is 3.46. The molecular weight excluding hydrogens is 519 g/mol. The van der Waals surface area contributed by atoms with Gasteiger partial charge < -0.3 is 31.2 Å². The third-order valence-electron chi connectivity index (χ3n) is 6.59. The highest BCUT2D eigenvalue weighted by Crippen LogP contribution is 2.38. The summed E-state index contributed by atoms with van der Waals surface area (Å²) in [7, 11) is 0. The lowest BCUT2D eigenvalue weighted by Gasteiger charge is -2.18. The van der Waals surface area contributed by atoms with E-state index in [1.807, 2.05) is 0 Å². The Morgan fingerprint density at radius 1 is 1.23 bits per heavy atom. The summed E-state index contributed by atoms with van der Waals surface area (Å²) in [5, 5.41) is 16.4. The second kappa shape index (κ2) is 12.8. The van der Waals surface area contributed by atoms with Gasteiger partial charge in [0.25, 0.3) is 11.8 Å². The highest BCUT2D eigenvalue weighted by Gasteiger charge is 2.40. The lowest BCUT2D eigenvalue weighted by molar-refractivity contribution is -0.274. The summed E-state index contributed by atoms with van der Waals surface area (Å²) in [5.74, 6) is -0.813. The number of unbranched alkanes of at least 4 members (excludes halogenated alkanes) is 1. The van der Waals surface area contributed by atoms with E-state index in [-0.39, 0.29) is 35.7 Å². The summed E-state index contributed by atoms with van der Waals surface area (Å²) in [4.78, 5) is 24.5. The van der Waals surface area contributed by atoms with Crippen LogP contribution < -0.4 is 26.4 Å². The van der Waals surface area contributed by atoms with Crippen molar-refractivity contribution < 1.29 is 32.2 Å². The van der Waals surface area contributed by atoms with E-state index in [1.165, 1.54) is 24.4 Å². The Morgan fingerprint density at radius 2 is 2.08 bits per heavy atom. The molecule has 2 fully saturated rings. The number of hydrogen-bond acceptors (Lipinski definition) is 8. The van der Waals surface area contributed by atoms with Gasteiger partial charge >= 0.3 is 6.36 Å². The molecule has 2 amide bonds. The molecule has 1 aromatic heterocycles. The summed E-state index contributed by atoms with van der Waals surface area (Å²) in [6, 6.07) is 5.31. The van der Waals surface area contributed by atoms with Crippen molar-refractivity contribution in [1.82, 2.24) is 30.9 Å². The summed E-state index contributed by atoms with van der Waals surface area (Å²) < 4.78 is 48.3. The first-order valence-electron chi connectivity index (χ1n) is 12.8. The highest BCUT2D eigenvalue weighted by atomic mass is 19.4. The Labute approximate surface area is 223 Å². The second-order valence-electron chi connectivity index (χ2n) is 9.59. The molecule has 2 aliphatic heterocycles. The average molecular weight is 552 g/mol. The first-order chi connectivity index (χ1) is 18.7. The smallest absolute Gasteiger partial charge is 0.406 e. The molecule has 1 aromatic carbocycles. The molecule has 3 unspecified atom stereocenters. The van der Waals surface area contributed by atoms with Gasteiger partial charge in [0.05, 0.1) is 18.4 Å². The Hall–Kier alpha value is -3.81. The van der Waals surface area contributed by atoms with Crippen molar-refractivity contribution in [3.63, 3.8) is 0 Å². The van der Waals surface area contributed by atoms with Crippen molar-refractivity contribution >= 4 is 11.8 Å². The van der Waals surface area contributed by atoms with Gasteiger partial charge in [0.2, 0.25) is 0 Å². The van der Waals surface area contributed by atoms with Gasteiger partial charge in [-0.1, -0.05) is 17.3 Å². The van der Waals surface area contributed by atoms with Crippen LogP contribution in [0, 0.1) is 5.92 Å². The maximum Gasteiger partial charge on any atom is 0.573 e. The van der Waals surface area contributed by atoms with Crippen molar-refractivity contribution in [2.45, 2.75) is 63.8 Å². The molecule has 14 heteroatoms. The maximum atomic E-state index is 12.4. The van der Waals surface area contributed by atoms with Crippen LogP contribution in [0.1, 0.15) is 48.2 Å². The second-order valence-corrected chi connectivity index (χ2v) is 9.59. The third-order valence-corrected chi connectivity index (χ3v) is 6.59. The number of amides is 2. The fourth-order valence-electron chi connectivity index (χ4n) is 4.67. The molecule has 3 heterocycles. The molecule has 39 heavy (non-hydrogen) atoms. The Bertz CT molecular complexity index is 1170. The van der Waals surface area contributed by atoms with Crippen molar-refractivity contribution in [3.8, 4) is 5.75 Å². The van der Waals surface area contributed by atoms with Crippen LogP contribution in [0.4, 0.5) is 13.2 Å². The molecule has 3 atom stereocenters. The van der Waals surface area contributed by atoms with Crippen LogP contribution in [-0.4, -0.2) is 58.5 Å². The van der Waals surface area contributed by atoms with Crippen molar-refractivity contribution in [1.29, 1.82) is 0 Å². The lowest BCUT2D eigenvalue weighted by atomic mass is 9.89. The number of carbonyl (C=O) groups is 2. The minimum atomic E-state index is -4.79. The van der Waals surface area contributed by atoms with Crippen molar-refractivity contribution in [3.05, 3.63) is 53.6 Å². The lowest BCUT2D eigenvalue weighted by Crippen LogP contribution is -2.33.